The fraction of sp³-hybridized carbons (Fsp3) is 0.750. The molecule has 1 rings (SSSR count). The van der Waals surface area contributed by atoms with E-state index < -0.39 is 42.6 Å². The quantitative estimate of drug-likeness (QED) is 0.550. The van der Waals surface area contributed by atoms with Gasteiger partial charge in [0.1, 0.15) is 18.8 Å². The standard InChI is InChI=1S/C12H17FO7/c1-6(14)17-5-10-12(13)9(18-7(2)15)4-11(20-10)19-8(3)16/h9-12H,4-5H2,1-3H3. The number of carbonyl (C=O) groups excluding carboxylic acids is 3. The lowest BCUT2D eigenvalue weighted by Crippen LogP contribution is -2.50. The molecule has 20 heavy (non-hydrogen) atoms. The van der Waals surface area contributed by atoms with Crippen LogP contribution in [0, 0.1) is 0 Å². The largest absolute Gasteiger partial charge is 0.463 e. The van der Waals surface area contributed by atoms with Crippen LogP contribution in [0.5, 0.6) is 0 Å². The Morgan fingerprint density at radius 1 is 1.10 bits per heavy atom. The number of hydrogen-bond acceptors (Lipinski definition) is 7. The highest BCUT2D eigenvalue weighted by molar-refractivity contribution is 5.67. The average molecular weight is 292 g/mol. The van der Waals surface area contributed by atoms with Crippen LogP contribution in [0.2, 0.25) is 0 Å². The van der Waals surface area contributed by atoms with Crippen LogP contribution in [0.4, 0.5) is 4.39 Å². The smallest absolute Gasteiger partial charge is 0.304 e. The normalized spacial score (nSPS) is 29.4. The molecule has 4 atom stereocenters. The van der Waals surface area contributed by atoms with Crippen molar-refractivity contribution in [3.05, 3.63) is 0 Å². The second-order valence-electron chi connectivity index (χ2n) is 4.34. The van der Waals surface area contributed by atoms with E-state index in [-0.39, 0.29) is 13.0 Å². The molecule has 0 aromatic heterocycles. The van der Waals surface area contributed by atoms with Gasteiger partial charge in [-0.05, 0) is 0 Å². The van der Waals surface area contributed by atoms with Gasteiger partial charge in [-0.25, -0.2) is 4.39 Å². The molecule has 4 unspecified atom stereocenters. The third-order valence-corrected chi connectivity index (χ3v) is 2.53. The van der Waals surface area contributed by atoms with Gasteiger partial charge in [0.15, 0.2) is 6.17 Å². The van der Waals surface area contributed by atoms with Gasteiger partial charge in [0, 0.05) is 20.8 Å². The molecule has 8 heteroatoms. The first-order valence-corrected chi connectivity index (χ1v) is 6.07. The van der Waals surface area contributed by atoms with Crippen molar-refractivity contribution in [2.75, 3.05) is 6.61 Å². The van der Waals surface area contributed by atoms with E-state index in [1.54, 1.807) is 0 Å². The van der Waals surface area contributed by atoms with Crippen LogP contribution >= 0.6 is 0 Å². The Kier molecular flexibility index (Phi) is 5.87. The van der Waals surface area contributed by atoms with Crippen LogP contribution in [-0.4, -0.2) is 49.2 Å². The predicted octanol–water partition coefficient (Wildman–Crippen LogP) is 0.497. The summed E-state index contributed by atoms with van der Waals surface area (Å²) < 4.78 is 33.6. The van der Waals surface area contributed by atoms with Gasteiger partial charge >= 0.3 is 17.9 Å². The van der Waals surface area contributed by atoms with Crippen LogP contribution < -0.4 is 0 Å². The zero-order valence-electron chi connectivity index (χ0n) is 11.5. The van der Waals surface area contributed by atoms with Crippen LogP contribution in [-0.2, 0) is 33.3 Å². The molecule has 0 radical (unpaired) electrons. The van der Waals surface area contributed by atoms with Gasteiger partial charge < -0.3 is 18.9 Å². The highest BCUT2D eigenvalue weighted by atomic mass is 19.1. The molecule has 0 bridgehead atoms. The van der Waals surface area contributed by atoms with Crippen LogP contribution in [0.25, 0.3) is 0 Å². The molecule has 0 N–H and O–H groups in total. The zero-order valence-corrected chi connectivity index (χ0v) is 11.5. The van der Waals surface area contributed by atoms with Gasteiger partial charge in [-0.2, -0.15) is 0 Å². The molecular weight excluding hydrogens is 275 g/mol. The van der Waals surface area contributed by atoms with E-state index in [1.165, 1.54) is 13.8 Å². The van der Waals surface area contributed by atoms with Gasteiger partial charge in [0.25, 0.3) is 0 Å². The summed E-state index contributed by atoms with van der Waals surface area (Å²) in [7, 11) is 0. The summed E-state index contributed by atoms with van der Waals surface area (Å²) >= 11 is 0. The molecule has 0 saturated carbocycles. The van der Waals surface area contributed by atoms with E-state index in [0.29, 0.717) is 0 Å². The third-order valence-electron chi connectivity index (χ3n) is 2.53. The molecule has 1 aliphatic heterocycles. The summed E-state index contributed by atoms with van der Waals surface area (Å²) in [5, 5.41) is 0. The lowest BCUT2D eigenvalue weighted by Gasteiger charge is -2.36. The fourth-order valence-electron chi connectivity index (χ4n) is 1.80. The summed E-state index contributed by atoms with van der Waals surface area (Å²) in [6.07, 6.45) is -5.13. The molecule has 0 aromatic rings. The Hall–Kier alpha value is -1.70. The predicted molar refractivity (Wildman–Crippen MR) is 62.1 cm³/mol. The van der Waals surface area contributed by atoms with Crippen LogP contribution in [0.15, 0.2) is 0 Å². The molecule has 7 nitrogen and oxygen atoms in total. The highest BCUT2D eigenvalue weighted by Gasteiger charge is 2.42. The maximum atomic E-state index is 14.1. The van der Waals surface area contributed by atoms with Crippen molar-refractivity contribution in [1.29, 1.82) is 0 Å². The summed E-state index contributed by atoms with van der Waals surface area (Å²) in [6.45, 7) is 3.13. The molecule has 1 fully saturated rings. The average Bonchev–Trinajstić information content (AvgIpc) is 2.29. The van der Waals surface area contributed by atoms with Crippen molar-refractivity contribution >= 4 is 17.9 Å². The maximum absolute atomic E-state index is 14.1. The zero-order chi connectivity index (χ0) is 15.3. The van der Waals surface area contributed by atoms with E-state index in [1.807, 2.05) is 0 Å². The second kappa shape index (κ2) is 7.18. The van der Waals surface area contributed by atoms with Gasteiger partial charge in [-0.3, -0.25) is 14.4 Å². The van der Waals surface area contributed by atoms with Crippen molar-refractivity contribution < 1.29 is 37.7 Å². The molecule has 0 aliphatic carbocycles. The Balaban J connectivity index is 2.72. The molecular formula is C12H17FO7. The number of alkyl halides is 1. The molecule has 114 valence electrons. The van der Waals surface area contributed by atoms with E-state index >= 15 is 0 Å². The summed E-state index contributed by atoms with van der Waals surface area (Å²) in [5.41, 5.74) is 0. The van der Waals surface area contributed by atoms with Crippen LogP contribution in [0.1, 0.15) is 27.2 Å². The van der Waals surface area contributed by atoms with E-state index in [4.69, 9.17) is 14.2 Å². The van der Waals surface area contributed by atoms with Crippen molar-refractivity contribution in [1.82, 2.24) is 0 Å². The minimum Gasteiger partial charge on any atom is -0.463 e. The third kappa shape index (κ3) is 5.12. The van der Waals surface area contributed by atoms with Crippen LogP contribution in [0.3, 0.4) is 0 Å². The van der Waals surface area contributed by atoms with E-state index in [2.05, 4.69) is 4.74 Å². The molecule has 0 spiro atoms. The molecule has 0 aromatic carbocycles. The Morgan fingerprint density at radius 3 is 2.20 bits per heavy atom. The number of esters is 3. The van der Waals surface area contributed by atoms with Crippen molar-refractivity contribution in [3.8, 4) is 0 Å². The first-order valence-electron chi connectivity index (χ1n) is 6.07. The number of hydrogen-bond donors (Lipinski definition) is 0. The van der Waals surface area contributed by atoms with Gasteiger partial charge in [-0.1, -0.05) is 0 Å². The molecule has 0 amide bonds. The molecule has 1 heterocycles. The summed E-state index contributed by atoms with van der Waals surface area (Å²) in [4.78, 5) is 32.6. The Labute approximate surface area is 115 Å². The van der Waals surface area contributed by atoms with Crippen molar-refractivity contribution in [3.63, 3.8) is 0 Å². The van der Waals surface area contributed by atoms with Gasteiger partial charge in [-0.15, -0.1) is 0 Å². The van der Waals surface area contributed by atoms with Gasteiger partial charge in [0.2, 0.25) is 6.29 Å². The fourth-order valence-corrected chi connectivity index (χ4v) is 1.80. The molecule has 1 saturated heterocycles. The summed E-state index contributed by atoms with van der Waals surface area (Å²) in [6, 6.07) is 0. The highest BCUT2D eigenvalue weighted by Crippen LogP contribution is 2.26. The minimum atomic E-state index is -1.68. The first-order chi connectivity index (χ1) is 9.29. The first kappa shape index (κ1) is 16.4. The second-order valence-corrected chi connectivity index (χ2v) is 4.34. The lowest BCUT2D eigenvalue weighted by atomic mass is 10.0. The van der Waals surface area contributed by atoms with Crippen molar-refractivity contribution in [2.24, 2.45) is 0 Å². The van der Waals surface area contributed by atoms with E-state index in [0.717, 1.165) is 6.92 Å². The van der Waals surface area contributed by atoms with Gasteiger partial charge in [0.05, 0.1) is 6.42 Å². The maximum Gasteiger partial charge on any atom is 0.304 e. The number of ether oxygens (including phenoxy) is 4. The van der Waals surface area contributed by atoms with Crippen molar-refractivity contribution in [2.45, 2.75) is 51.9 Å². The monoisotopic (exact) mass is 292 g/mol. The number of carbonyl (C=O) groups is 3. The summed E-state index contributed by atoms with van der Waals surface area (Å²) in [5.74, 6) is -1.87. The SMILES string of the molecule is CC(=O)OCC1OC(OC(C)=O)CC(OC(C)=O)C1F. The van der Waals surface area contributed by atoms with E-state index in [9.17, 15) is 18.8 Å². The lowest BCUT2D eigenvalue weighted by molar-refractivity contribution is -0.244. The number of halogens is 1. The minimum absolute atomic E-state index is 0.114. The number of rotatable bonds is 4. The Morgan fingerprint density at radius 2 is 1.70 bits per heavy atom. The Bertz CT molecular complexity index is 384. The topological polar surface area (TPSA) is 88.1 Å². The molecule has 1 aliphatic rings.